The first-order chi connectivity index (χ1) is 8.83. The lowest BCUT2D eigenvalue weighted by molar-refractivity contribution is 0.582. The highest BCUT2D eigenvalue weighted by atomic mass is 35.5. The lowest BCUT2D eigenvalue weighted by Crippen LogP contribution is -2.25. The lowest BCUT2D eigenvalue weighted by atomic mass is 9.73. The van der Waals surface area contributed by atoms with Crippen LogP contribution in [0.2, 0.25) is 0 Å². The maximum atomic E-state index is 9.76. The molecule has 19 heavy (non-hydrogen) atoms. The minimum atomic E-state index is -0.517. The molecule has 0 fully saturated rings. The van der Waals surface area contributed by atoms with E-state index in [-0.39, 0.29) is 12.4 Å². The van der Waals surface area contributed by atoms with Gasteiger partial charge in [0.15, 0.2) is 0 Å². The van der Waals surface area contributed by atoms with Crippen LogP contribution in [0, 0.1) is 11.3 Å². The molecule has 2 heteroatoms. The average Bonchev–Trinajstić information content (AvgIpc) is 2.47. The maximum Gasteiger partial charge on any atom is 0.107 e. The summed E-state index contributed by atoms with van der Waals surface area (Å²) in [5.74, 6) is 0. The Bertz CT molecular complexity index is 489. The molecule has 0 aliphatic rings. The molecule has 0 atom stereocenters. The largest absolute Gasteiger partial charge is 0.197 e. The van der Waals surface area contributed by atoms with Crippen LogP contribution in [0.15, 0.2) is 60.7 Å². The zero-order valence-corrected chi connectivity index (χ0v) is 11.9. The Kier molecular flexibility index (Phi) is 5.60. The van der Waals surface area contributed by atoms with Gasteiger partial charge < -0.3 is 0 Å². The molecule has 0 aliphatic carbocycles. The summed E-state index contributed by atoms with van der Waals surface area (Å²) in [5.41, 5.74) is 1.65. The van der Waals surface area contributed by atoms with Gasteiger partial charge in [0.25, 0.3) is 0 Å². The fraction of sp³-hybridized carbons (Fsp3) is 0.235. The number of rotatable bonds is 4. The predicted octanol–water partition coefficient (Wildman–Crippen LogP) is 4.72. The molecule has 2 aromatic rings. The van der Waals surface area contributed by atoms with Crippen molar-refractivity contribution in [1.82, 2.24) is 0 Å². The van der Waals surface area contributed by atoms with Crippen molar-refractivity contribution in [3.05, 3.63) is 71.8 Å². The van der Waals surface area contributed by atoms with Crippen LogP contribution in [0.4, 0.5) is 0 Å². The number of hydrogen-bond acceptors (Lipinski definition) is 1. The average molecular weight is 272 g/mol. The molecule has 0 spiro atoms. The Morgan fingerprint density at radius 2 is 1.32 bits per heavy atom. The van der Waals surface area contributed by atoms with Crippen LogP contribution in [0.25, 0.3) is 0 Å². The van der Waals surface area contributed by atoms with Crippen molar-refractivity contribution in [2.75, 3.05) is 0 Å². The third-order valence-corrected chi connectivity index (χ3v) is 3.35. The summed E-state index contributed by atoms with van der Waals surface area (Å²) in [6.45, 7) is 2.12. The summed E-state index contributed by atoms with van der Waals surface area (Å²) >= 11 is 0. The zero-order valence-electron chi connectivity index (χ0n) is 11.0. The van der Waals surface area contributed by atoms with E-state index >= 15 is 0 Å². The van der Waals surface area contributed by atoms with Crippen LogP contribution < -0.4 is 0 Å². The van der Waals surface area contributed by atoms with E-state index in [0.29, 0.717) is 0 Å². The van der Waals surface area contributed by atoms with E-state index < -0.39 is 5.41 Å². The quantitative estimate of drug-likeness (QED) is 0.789. The zero-order chi connectivity index (χ0) is 12.8. The van der Waals surface area contributed by atoms with Gasteiger partial charge in [-0.2, -0.15) is 5.26 Å². The van der Waals surface area contributed by atoms with Gasteiger partial charge in [-0.05, 0) is 17.5 Å². The number of nitrogens with zero attached hydrogens (tertiary/aromatic N) is 1. The molecule has 0 amide bonds. The summed E-state index contributed by atoms with van der Waals surface area (Å²) in [6, 6.07) is 22.7. The molecule has 0 bridgehead atoms. The maximum absolute atomic E-state index is 9.76. The molecule has 0 aliphatic heterocycles. The first kappa shape index (κ1) is 15.3. The summed E-state index contributed by atoms with van der Waals surface area (Å²) in [5, 5.41) is 9.76. The highest BCUT2D eigenvalue weighted by Gasteiger charge is 2.33. The third-order valence-electron chi connectivity index (χ3n) is 3.35. The molecule has 1 nitrogen and oxygen atoms in total. The Morgan fingerprint density at radius 1 is 0.895 bits per heavy atom. The third kappa shape index (κ3) is 2.97. The van der Waals surface area contributed by atoms with Gasteiger partial charge in [0.2, 0.25) is 0 Å². The molecule has 2 rings (SSSR count). The first-order valence-electron chi connectivity index (χ1n) is 6.36. The summed E-state index contributed by atoms with van der Waals surface area (Å²) in [6.07, 6.45) is 1.83. The molecule has 0 N–H and O–H groups in total. The van der Waals surface area contributed by atoms with E-state index in [2.05, 4.69) is 13.0 Å². The standard InChI is InChI=1S/C17H17N.ClH/c1-2-13-17(14-18,15-9-5-3-6-10-15)16-11-7-4-8-12-16;/h3-12H,2,13H2,1H3;1H. The normalized spacial score (nSPS) is 10.3. The van der Waals surface area contributed by atoms with Gasteiger partial charge in [-0.1, -0.05) is 74.0 Å². The van der Waals surface area contributed by atoms with Crippen LogP contribution in [-0.4, -0.2) is 0 Å². The Labute approximate surface area is 121 Å². The van der Waals surface area contributed by atoms with Gasteiger partial charge in [-0.15, -0.1) is 12.4 Å². The van der Waals surface area contributed by atoms with Gasteiger partial charge in [0.05, 0.1) is 6.07 Å². The second-order valence-electron chi connectivity index (χ2n) is 4.50. The molecule has 0 saturated carbocycles. The molecule has 0 radical (unpaired) electrons. The minimum Gasteiger partial charge on any atom is -0.197 e. The van der Waals surface area contributed by atoms with Crippen LogP contribution in [0.5, 0.6) is 0 Å². The van der Waals surface area contributed by atoms with Gasteiger partial charge in [-0.3, -0.25) is 0 Å². The van der Waals surface area contributed by atoms with Crippen molar-refractivity contribution in [3.63, 3.8) is 0 Å². The van der Waals surface area contributed by atoms with Gasteiger partial charge in [0, 0.05) is 0 Å². The van der Waals surface area contributed by atoms with E-state index in [0.717, 1.165) is 24.0 Å². The number of hydrogen-bond donors (Lipinski definition) is 0. The molecular formula is C17H18ClN. The second-order valence-corrected chi connectivity index (χ2v) is 4.50. The first-order valence-corrected chi connectivity index (χ1v) is 6.36. The van der Waals surface area contributed by atoms with Crippen molar-refractivity contribution in [2.24, 2.45) is 0 Å². The summed E-state index contributed by atoms with van der Waals surface area (Å²) < 4.78 is 0. The number of halogens is 1. The van der Waals surface area contributed by atoms with Crippen LogP contribution in [-0.2, 0) is 5.41 Å². The molecule has 0 heterocycles. The lowest BCUT2D eigenvalue weighted by Gasteiger charge is -2.27. The monoisotopic (exact) mass is 271 g/mol. The van der Waals surface area contributed by atoms with Gasteiger partial charge in [0.1, 0.15) is 5.41 Å². The van der Waals surface area contributed by atoms with Gasteiger partial charge >= 0.3 is 0 Å². The number of nitriles is 1. The fourth-order valence-corrected chi connectivity index (χ4v) is 2.46. The topological polar surface area (TPSA) is 23.8 Å². The van der Waals surface area contributed by atoms with E-state index in [1.807, 2.05) is 60.7 Å². The molecular weight excluding hydrogens is 254 g/mol. The summed E-state index contributed by atoms with van der Waals surface area (Å²) in [4.78, 5) is 0. The van der Waals surface area contributed by atoms with Crippen LogP contribution in [0.1, 0.15) is 30.9 Å². The summed E-state index contributed by atoms with van der Waals surface area (Å²) in [7, 11) is 0. The Balaban J connectivity index is 0.00000180. The second kappa shape index (κ2) is 6.97. The highest BCUT2D eigenvalue weighted by molar-refractivity contribution is 5.85. The molecule has 0 saturated heterocycles. The van der Waals surface area contributed by atoms with Gasteiger partial charge in [-0.25, -0.2) is 0 Å². The predicted molar refractivity (Wildman–Crippen MR) is 81.4 cm³/mol. The fourth-order valence-electron chi connectivity index (χ4n) is 2.46. The molecule has 0 aromatic heterocycles. The Hall–Kier alpha value is -1.78. The van der Waals surface area contributed by atoms with E-state index in [4.69, 9.17) is 0 Å². The molecule has 0 unspecified atom stereocenters. The minimum absolute atomic E-state index is 0. The van der Waals surface area contributed by atoms with E-state index in [9.17, 15) is 5.26 Å². The van der Waals surface area contributed by atoms with Crippen LogP contribution >= 0.6 is 12.4 Å². The molecule has 2 aromatic carbocycles. The highest BCUT2D eigenvalue weighted by Crippen LogP contribution is 2.35. The van der Waals surface area contributed by atoms with E-state index in [1.165, 1.54) is 0 Å². The van der Waals surface area contributed by atoms with Crippen LogP contribution in [0.3, 0.4) is 0 Å². The van der Waals surface area contributed by atoms with Crippen molar-refractivity contribution in [2.45, 2.75) is 25.2 Å². The van der Waals surface area contributed by atoms with E-state index in [1.54, 1.807) is 0 Å². The van der Waals surface area contributed by atoms with Crippen molar-refractivity contribution >= 4 is 12.4 Å². The molecule has 98 valence electrons. The SMILES string of the molecule is CCCC(C#N)(c1ccccc1)c1ccccc1.Cl. The Morgan fingerprint density at radius 3 is 1.63 bits per heavy atom. The van der Waals surface area contributed by atoms with Crippen molar-refractivity contribution < 1.29 is 0 Å². The van der Waals surface area contributed by atoms with Crippen molar-refractivity contribution in [1.29, 1.82) is 5.26 Å². The number of benzene rings is 2. The van der Waals surface area contributed by atoms with Crippen molar-refractivity contribution in [3.8, 4) is 6.07 Å². The smallest absolute Gasteiger partial charge is 0.107 e.